The summed E-state index contributed by atoms with van der Waals surface area (Å²) >= 11 is 0. The average molecular weight is 375 g/mol. The summed E-state index contributed by atoms with van der Waals surface area (Å²) in [5.74, 6) is 0.788. The lowest BCUT2D eigenvalue weighted by atomic mass is 9.91. The molecule has 5 heteroatoms. The minimum atomic E-state index is -0.353. The summed E-state index contributed by atoms with van der Waals surface area (Å²) in [4.78, 5) is 15.0. The number of nitrogens with one attached hydrogen (secondary N) is 1. The first-order valence-corrected chi connectivity index (χ1v) is 10.7. The van der Waals surface area contributed by atoms with Crippen molar-refractivity contribution in [2.24, 2.45) is 0 Å². The van der Waals surface area contributed by atoms with Crippen LogP contribution in [0.15, 0.2) is 24.3 Å². The van der Waals surface area contributed by atoms with Crippen molar-refractivity contribution >= 4 is 11.8 Å². The molecule has 2 aliphatic rings. The number of nitrogens with zero attached hydrogens (tertiary/aromatic N) is 1. The molecule has 27 heavy (non-hydrogen) atoms. The van der Waals surface area contributed by atoms with Gasteiger partial charge in [0.15, 0.2) is 0 Å². The second kappa shape index (κ2) is 10.5. The number of ether oxygens (including phenoxy) is 2. The van der Waals surface area contributed by atoms with E-state index in [1.807, 2.05) is 24.3 Å². The summed E-state index contributed by atoms with van der Waals surface area (Å²) in [6, 6.07) is 7.96. The number of carbonyl (C=O) groups excluding carboxylic acids is 1. The zero-order valence-electron chi connectivity index (χ0n) is 16.6. The number of rotatable bonds is 8. The Kier molecular flexibility index (Phi) is 7.81. The fourth-order valence-electron chi connectivity index (χ4n) is 4.20. The van der Waals surface area contributed by atoms with Crippen molar-refractivity contribution in [3.63, 3.8) is 0 Å². The van der Waals surface area contributed by atoms with E-state index in [-0.39, 0.29) is 12.2 Å². The van der Waals surface area contributed by atoms with Crippen molar-refractivity contribution in [1.29, 1.82) is 0 Å². The monoisotopic (exact) mass is 374 g/mol. The second-order valence-corrected chi connectivity index (χ2v) is 7.75. The Labute approximate surface area is 163 Å². The van der Waals surface area contributed by atoms with Gasteiger partial charge in [-0.05, 0) is 63.7 Å². The first-order valence-electron chi connectivity index (χ1n) is 10.7. The molecule has 1 heterocycles. The van der Waals surface area contributed by atoms with Gasteiger partial charge in [0.1, 0.15) is 11.9 Å². The number of carbonyl (C=O) groups is 1. The maximum atomic E-state index is 12.5. The van der Waals surface area contributed by atoms with Gasteiger partial charge in [0.05, 0.1) is 6.61 Å². The van der Waals surface area contributed by atoms with Crippen LogP contribution in [0, 0.1) is 0 Å². The van der Waals surface area contributed by atoms with Crippen LogP contribution in [0.1, 0.15) is 64.7 Å². The summed E-state index contributed by atoms with van der Waals surface area (Å²) in [5, 5.41) is 2.88. The Morgan fingerprint density at radius 2 is 1.96 bits per heavy atom. The molecule has 0 radical (unpaired) electrons. The van der Waals surface area contributed by atoms with Crippen molar-refractivity contribution in [2.45, 2.75) is 76.9 Å². The SMILES string of the molecule is CCCCCOc1cccc(NC(=O)O[C@H]2CCCC[C@H]2N2CCCC2)c1. The molecule has 3 rings (SSSR count). The number of benzene rings is 1. The summed E-state index contributed by atoms with van der Waals surface area (Å²) in [6.07, 6.45) is 10.1. The summed E-state index contributed by atoms with van der Waals surface area (Å²) < 4.78 is 11.6. The molecule has 150 valence electrons. The van der Waals surface area contributed by atoms with E-state index in [4.69, 9.17) is 9.47 Å². The third-order valence-electron chi connectivity index (χ3n) is 5.63. The number of unbranched alkanes of at least 4 members (excludes halogenated alkanes) is 2. The first kappa shape index (κ1) is 20.0. The van der Waals surface area contributed by atoms with Crippen LogP contribution in [0.5, 0.6) is 5.75 Å². The van der Waals surface area contributed by atoms with Crippen LogP contribution in [-0.2, 0) is 4.74 Å². The predicted molar refractivity (Wildman–Crippen MR) is 108 cm³/mol. The smallest absolute Gasteiger partial charge is 0.411 e. The number of likely N-dealkylation sites (tertiary alicyclic amines) is 1. The van der Waals surface area contributed by atoms with Gasteiger partial charge in [-0.1, -0.05) is 32.3 Å². The quantitative estimate of drug-likeness (QED) is 0.635. The molecular weight excluding hydrogens is 340 g/mol. The van der Waals surface area contributed by atoms with E-state index >= 15 is 0 Å². The molecule has 0 spiro atoms. The standard InChI is InChI=1S/C22H34N2O3/c1-2-3-8-16-26-19-11-9-10-18(17-19)23-22(25)27-21-13-5-4-12-20(21)24-14-6-7-15-24/h9-11,17,20-21H,2-8,12-16H2,1H3,(H,23,25)/t20-,21+/m1/s1. The van der Waals surface area contributed by atoms with Crippen LogP contribution in [0.4, 0.5) is 10.5 Å². The van der Waals surface area contributed by atoms with E-state index in [0.29, 0.717) is 12.6 Å². The molecule has 0 unspecified atom stereocenters. The van der Waals surface area contributed by atoms with E-state index in [1.165, 1.54) is 32.1 Å². The van der Waals surface area contributed by atoms with Gasteiger partial charge in [0.25, 0.3) is 0 Å². The van der Waals surface area contributed by atoms with Gasteiger partial charge in [0.2, 0.25) is 0 Å². The van der Waals surface area contributed by atoms with Crippen LogP contribution < -0.4 is 10.1 Å². The van der Waals surface area contributed by atoms with Gasteiger partial charge in [0, 0.05) is 17.8 Å². The summed E-state index contributed by atoms with van der Waals surface area (Å²) in [7, 11) is 0. The molecule has 1 aromatic carbocycles. The zero-order chi connectivity index (χ0) is 18.9. The lowest BCUT2D eigenvalue weighted by Crippen LogP contribution is -2.46. The number of hydrogen-bond donors (Lipinski definition) is 1. The Hall–Kier alpha value is -1.75. The van der Waals surface area contributed by atoms with Crippen LogP contribution in [-0.4, -0.2) is 42.8 Å². The topological polar surface area (TPSA) is 50.8 Å². The minimum absolute atomic E-state index is 0.00493. The van der Waals surface area contributed by atoms with Gasteiger partial charge < -0.3 is 9.47 Å². The van der Waals surface area contributed by atoms with E-state index < -0.39 is 0 Å². The van der Waals surface area contributed by atoms with E-state index in [1.54, 1.807) is 0 Å². The highest BCUT2D eigenvalue weighted by molar-refractivity contribution is 5.85. The van der Waals surface area contributed by atoms with Gasteiger partial charge in [-0.2, -0.15) is 0 Å². The molecule has 0 aromatic heterocycles. The lowest BCUT2D eigenvalue weighted by Gasteiger charge is -2.37. The Bertz CT molecular complexity index is 587. The Balaban J connectivity index is 1.50. The molecule has 5 nitrogen and oxygen atoms in total. The fourth-order valence-corrected chi connectivity index (χ4v) is 4.20. The third kappa shape index (κ3) is 6.13. The molecule has 2 atom stereocenters. The molecule has 1 N–H and O–H groups in total. The van der Waals surface area contributed by atoms with Crippen molar-refractivity contribution < 1.29 is 14.3 Å². The predicted octanol–water partition coefficient (Wildman–Crippen LogP) is 5.21. The Morgan fingerprint density at radius 1 is 1.15 bits per heavy atom. The van der Waals surface area contributed by atoms with Crippen molar-refractivity contribution in [2.75, 3.05) is 25.0 Å². The minimum Gasteiger partial charge on any atom is -0.494 e. The molecule has 1 aromatic rings. The second-order valence-electron chi connectivity index (χ2n) is 7.75. The van der Waals surface area contributed by atoms with Gasteiger partial charge in [-0.15, -0.1) is 0 Å². The van der Waals surface area contributed by atoms with Crippen molar-refractivity contribution in [1.82, 2.24) is 4.90 Å². The number of anilines is 1. The van der Waals surface area contributed by atoms with Crippen LogP contribution >= 0.6 is 0 Å². The summed E-state index contributed by atoms with van der Waals surface area (Å²) in [6.45, 7) is 5.17. The van der Waals surface area contributed by atoms with Crippen molar-refractivity contribution in [3.8, 4) is 5.75 Å². The van der Waals surface area contributed by atoms with E-state index in [2.05, 4.69) is 17.1 Å². The van der Waals surface area contributed by atoms with Crippen LogP contribution in [0.3, 0.4) is 0 Å². The number of amides is 1. The molecule has 2 fully saturated rings. The molecule has 0 bridgehead atoms. The lowest BCUT2D eigenvalue weighted by molar-refractivity contribution is 0.0176. The largest absolute Gasteiger partial charge is 0.494 e. The molecule has 1 aliphatic heterocycles. The van der Waals surface area contributed by atoms with E-state index in [0.717, 1.165) is 50.2 Å². The highest BCUT2D eigenvalue weighted by Crippen LogP contribution is 2.28. The fraction of sp³-hybridized carbons (Fsp3) is 0.682. The van der Waals surface area contributed by atoms with Crippen LogP contribution in [0.25, 0.3) is 0 Å². The zero-order valence-corrected chi connectivity index (χ0v) is 16.6. The maximum Gasteiger partial charge on any atom is 0.411 e. The van der Waals surface area contributed by atoms with Gasteiger partial charge >= 0.3 is 6.09 Å². The van der Waals surface area contributed by atoms with E-state index in [9.17, 15) is 4.79 Å². The molecule has 1 amide bonds. The number of hydrogen-bond acceptors (Lipinski definition) is 4. The van der Waals surface area contributed by atoms with Crippen LogP contribution in [0.2, 0.25) is 0 Å². The molecule has 1 saturated heterocycles. The third-order valence-corrected chi connectivity index (χ3v) is 5.63. The normalized spacial score (nSPS) is 23.1. The first-order chi connectivity index (χ1) is 13.3. The average Bonchev–Trinajstić information content (AvgIpc) is 3.20. The Morgan fingerprint density at radius 3 is 2.78 bits per heavy atom. The van der Waals surface area contributed by atoms with Gasteiger partial charge in [-0.3, -0.25) is 10.2 Å². The highest BCUT2D eigenvalue weighted by Gasteiger charge is 2.34. The highest BCUT2D eigenvalue weighted by atomic mass is 16.6. The maximum absolute atomic E-state index is 12.5. The summed E-state index contributed by atoms with van der Waals surface area (Å²) in [5.41, 5.74) is 0.724. The molecule has 1 saturated carbocycles. The molecule has 1 aliphatic carbocycles. The van der Waals surface area contributed by atoms with Gasteiger partial charge in [-0.25, -0.2) is 4.79 Å². The molecular formula is C22H34N2O3. The van der Waals surface area contributed by atoms with Crippen molar-refractivity contribution in [3.05, 3.63) is 24.3 Å².